The summed E-state index contributed by atoms with van der Waals surface area (Å²) in [6.07, 6.45) is 0. The fraction of sp³-hybridized carbons (Fsp3) is 0.154. The molecule has 0 aliphatic carbocycles. The van der Waals surface area contributed by atoms with Crippen molar-refractivity contribution >= 4 is 40.1 Å². The van der Waals surface area contributed by atoms with Crippen molar-refractivity contribution in [1.82, 2.24) is 19.1 Å². The smallest absolute Gasteiger partial charge is 0.357 e. The molecule has 0 spiro atoms. The van der Waals surface area contributed by atoms with Gasteiger partial charge in [0.25, 0.3) is 5.56 Å². The molecule has 0 radical (unpaired) electrons. The molecule has 0 aliphatic rings. The molecule has 0 saturated carbocycles. The normalized spacial score (nSPS) is 11.8. The third-order valence-electron chi connectivity index (χ3n) is 3.33. The summed E-state index contributed by atoms with van der Waals surface area (Å²) < 4.78 is 2.15. The number of hydrogen-bond donors (Lipinski definition) is 3. The van der Waals surface area contributed by atoms with E-state index < -0.39 is 17.2 Å². The number of carboxylic acid groups (broad SMARTS) is 1. The van der Waals surface area contributed by atoms with Crippen molar-refractivity contribution in [1.29, 1.82) is 0 Å². The third kappa shape index (κ3) is 2.50. The lowest BCUT2D eigenvalue weighted by atomic mass is 10.3. The molecule has 11 heteroatoms. The Morgan fingerprint density at radius 3 is 2.75 bits per heavy atom. The Morgan fingerprint density at radius 2 is 2.12 bits per heavy atom. The standard InChI is InChI=1S/C13H12N6O4S/c1-18-9-8(10(20)19(2)13(18)23)14-12(15-9)17-16-7(11(21)22)6-4-3-5-24-6/h3-5H,1-2H3,(H,21,22)(H2,14,15,17)/b16-7-. The minimum Gasteiger partial charge on any atom is -0.476 e. The zero-order valence-corrected chi connectivity index (χ0v) is 13.4. The summed E-state index contributed by atoms with van der Waals surface area (Å²) in [7, 11) is 2.84. The summed E-state index contributed by atoms with van der Waals surface area (Å²) in [5.41, 5.74) is 1.51. The van der Waals surface area contributed by atoms with Crippen LogP contribution in [0.25, 0.3) is 11.2 Å². The van der Waals surface area contributed by atoms with Crippen molar-refractivity contribution in [3.8, 4) is 0 Å². The average molecular weight is 348 g/mol. The van der Waals surface area contributed by atoms with Crippen LogP contribution in [0.2, 0.25) is 0 Å². The predicted molar refractivity (Wildman–Crippen MR) is 88.7 cm³/mol. The van der Waals surface area contributed by atoms with Crippen molar-refractivity contribution in [3.63, 3.8) is 0 Å². The van der Waals surface area contributed by atoms with Gasteiger partial charge < -0.3 is 10.1 Å². The number of nitrogens with zero attached hydrogens (tertiary/aromatic N) is 4. The topological polar surface area (TPSA) is 134 Å². The van der Waals surface area contributed by atoms with E-state index in [0.717, 1.165) is 4.57 Å². The van der Waals surface area contributed by atoms with E-state index >= 15 is 0 Å². The zero-order valence-electron chi connectivity index (χ0n) is 12.6. The van der Waals surface area contributed by atoms with Crippen LogP contribution in [0.5, 0.6) is 0 Å². The van der Waals surface area contributed by atoms with Crippen molar-refractivity contribution in [2.45, 2.75) is 0 Å². The van der Waals surface area contributed by atoms with Gasteiger partial charge in [0.15, 0.2) is 16.9 Å². The van der Waals surface area contributed by atoms with Crippen LogP contribution in [-0.4, -0.2) is 35.9 Å². The Labute approximate surface area is 137 Å². The van der Waals surface area contributed by atoms with E-state index in [2.05, 4.69) is 20.5 Å². The van der Waals surface area contributed by atoms with Crippen LogP contribution in [0, 0.1) is 0 Å². The van der Waals surface area contributed by atoms with Gasteiger partial charge in [0.05, 0.1) is 4.88 Å². The fourth-order valence-electron chi connectivity index (χ4n) is 2.11. The Hall–Kier alpha value is -3.21. The van der Waals surface area contributed by atoms with Crippen molar-refractivity contribution < 1.29 is 9.90 Å². The number of thiophene rings is 1. The molecule has 0 atom stereocenters. The second-order valence-electron chi connectivity index (χ2n) is 4.84. The lowest BCUT2D eigenvalue weighted by molar-refractivity contribution is -0.129. The Morgan fingerprint density at radius 1 is 1.38 bits per heavy atom. The number of hydrazone groups is 1. The first-order valence-electron chi connectivity index (χ1n) is 6.66. The van der Waals surface area contributed by atoms with Crippen molar-refractivity contribution in [2.75, 3.05) is 5.43 Å². The van der Waals surface area contributed by atoms with E-state index in [9.17, 15) is 19.5 Å². The van der Waals surface area contributed by atoms with Crippen LogP contribution in [0.1, 0.15) is 4.88 Å². The molecule has 3 rings (SSSR count). The number of fused-ring (bicyclic) bond motifs is 1. The molecule has 3 heterocycles. The number of imidazole rings is 1. The van der Waals surface area contributed by atoms with Crippen molar-refractivity contribution in [3.05, 3.63) is 43.2 Å². The summed E-state index contributed by atoms with van der Waals surface area (Å²) in [5, 5.41) is 14.8. The molecule has 124 valence electrons. The quantitative estimate of drug-likeness (QED) is 0.446. The SMILES string of the molecule is Cn1c(=O)c2[nH]c(N/N=C(\C(=O)O)c3cccs3)nc2n(C)c1=O. The van der Waals surface area contributed by atoms with Crippen molar-refractivity contribution in [2.24, 2.45) is 19.2 Å². The second-order valence-corrected chi connectivity index (χ2v) is 5.79. The number of rotatable bonds is 4. The fourth-order valence-corrected chi connectivity index (χ4v) is 2.81. The summed E-state index contributed by atoms with van der Waals surface area (Å²) in [6.45, 7) is 0. The highest BCUT2D eigenvalue weighted by molar-refractivity contribution is 7.13. The van der Waals surface area contributed by atoms with E-state index in [4.69, 9.17) is 0 Å². The molecule has 3 aromatic rings. The highest BCUT2D eigenvalue weighted by Crippen LogP contribution is 2.12. The van der Waals surface area contributed by atoms with E-state index in [1.807, 2.05) is 0 Å². The number of carboxylic acids is 1. The number of aliphatic carboxylic acids is 1. The Kier molecular flexibility index (Phi) is 3.77. The van der Waals surface area contributed by atoms with Crippen LogP contribution in [0.3, 0.4) is 0 Å². The molecule has 0 saturated heterocycles. The Balaban J connectivity index is 2.05. The number of aryl methyl sites for hydroxylation is 1. The first kappa shape index (κ1) is 15.7. The number of carbonyl (C=O) groups is 1. The van der Waals surface area contributed by atoms with Gasteiger partial charge in [0, 0.05) is 14.1 Å². The second kappa shape index (κ2) is 5.77. The van der Waals surface area contributed by atoms with E-state index in [0.29, 0.717) is 4.88 Å². The summed E-state index contributed by atoms with van der Waals surface area (Å²) in [6, 6.07) is 3.33. The lowest BCUT2D eigenvalue weighted by Gasteiger charge is -2.00. The molecule has 0 aromatic carbocycles. The van der Waals surface area contributed by atoms with Crippen LogP contribution in [0.15, 0.2) is 32.2 Å². The lowest BCUT2D eigenvalue weighted by Crippen LogP contribution is -2.36. The van der Waals surface area contributed by atoms with Gasteiger partial charge >= 0.3 is 11.7 Å². The van der Waals surface area contributed by atoms with Gasteiger partial charge in [-0.3, -0.25) is 13.9 Å². The van der Waals surface area contributed by atoms with Crippen LogP contribution >= 0.6 is 11.3 Å². The highest BCUT2D eigenvalue weighted by Gasteiger charge is 2.16. The van der Waals surface area contributed by atoms with Gasteiger partial charge in [-0.25, -0.2) is 15.0 Å². The number of nitrogens with one attached hydrogen (secondary N) is 2. The molecule has 0 amide bonds. The number of anilines is 1. The molecular weight excluding hydrogens is 336 g/mol. The van der Waals surface area contributed by atoms with Gasteiger partial charge in [-0.1, -0.05) is 6.07 Å². The van der Waals surface area contributed by atoms with Gasteiger partial charge in [-0.15, -0.1) is 11.3 Å². The van der Waals surface area contributed by atoms with Crippen LogP contribution in [0.4, 0.5) is 5.95 Å². The zero-order chi connectivity index (χ0) is 17.4. The third-order valence-corrected chi connectivity index (χ3v) is 4.20. The number of hydrogen-bond acceptors (Lipinski definition) is 7. The molecule has 0 unspecified atom stereocenters. The Bertz CT molecular complexity index is 1070. The molecule has 24 heavy (non-hydrogen) atoms. The molecule has 3 aromatic heterocycles. The molecule has 0 fully saturated rings. The van der Waals surface area contributed by atoms with E-state index in [1.165, 1.54) is 30.0 Å². The number of aromatic nitrogens is 4. The van der Waals surface area contributed by atoms with Gasteiger partial charge in [-0.2, -0.15) is 10.1 Å². The maximum atomic E-state index is 12.1. The van der Waals surface area contributed by atoms with E-state index in [1.54, 1.807) is 17.5 Å². The summed E-state index contributed by atoms with van der Waals surface area (Å²) in [5.74, 6) is -1.15. The monoisotopic (exact) mass is 348 g/mol. The molecular formula is C13H12N6O4S. The predicted octanol–water partition coefficient (Wildman–Crippen LogP) is -0.0774. The molecule has 10 nitrogen and oxygen atoms in total. The van der Waals surface area contributed by atoms with Gasteiger partial charge in [-0.05, 0) is 11.4 Å². The molecule has 3 N–H and O–H groups in total. The molecule has 0 aliphatic heterocycles. The van der Waals surface area contributed by atoms with Gasteiger partial charge in [0.2, 0.25) is 5.95 Å². The highest BCUT2D eigenvalue weighted by atomic mass is 32.1. The van der Waals surface area contributed by atoms with Gasteiger partial charge in [0.1, 0.15) is 0 Å². The molecule has 0 bridgehead atoms. The minimum atomic E-state index is -1.20. The number of aromatic amines is 1. The maximum absolute atomic E-state index is 12.1. The maximum Gasteiger partial charge on any atom is 0.357 e. The summed E-state index contributed by atoms with van der Waals surface area (Å²) in [4.78, 5) is 42.5. The average Bonchev–Trinajstić information content (AvgIpc) is 3.20. The van der Waals surface area contributed by atoms with Crippen LogP contribution in [-0.2, 0) is 18.9 Å². The first-order chi connectivity index (χ1) is 11.4. The summed E-state index contributed by atoms with van der Waals surface area (Å²) >= 11 is 1.23. The van der Waals surface area contributed by atoms with Crippen LogP contribution < -0.4 is 16.7 Å². The minimum absolute atomic E-state index is 0.0543. The first-order valence-corrected chi connectivity index (χ1v) is 7.54. The largest absolute Gasteiger partial charge is 0.476 e. The van der Waals surface area contributed by atoms with E-state index in [-0.39, 0.29) is 22.8 Å². The number of H-pyrrole nitrogens is 1.